The molecule has 8 heteroatoms. The molecule has 112 valence electrons. The van der Waals surface area contributed by atoms with E-state index < -0.39 is 16.0 Å². The summed E-state index contributed by atoms with van der Waals surface area (Å²) in [5.74, 6) is -1.51. The molecule has 7 nitrogen and oxygen atoms in total. The van der Waals surface area contributed by atoms with Gasteiger partial charge in [0.1, 0.15) is 10.7 Å². The highest BCUT2D eigenvalue weighted by molar-refractivity contribution is 7.89. The Kier molecular flexibility index (Phi) is 4.17. The molecular weight excluding hydrogens is 286 g/mol. The summed E-state index contributed by atoms with van der Waals surface area (Å²) in [7, 11) is -3.80. The van der Waals surface area contributed by atoms with Crippen molar-refractivity contribution in [3.63, 3.8) is 0 Å². The summed E-state index contributed by atoms with van der Waals surface area (Å²) in [5, 5.41) is 8.82. The third-order valence-corrected chi connectivity index (χ3v) is 5.05. The first-order chi connectivity index (χ1) is 9.31. The number of hydrogen-bond acceptors (Lipinski definition) is 5. The minimum Gasteiger partial charge on any atom is -0.475 e. The van der Waals surface area contributed by atoms with Crippen LogP contribution in [0.15, 0.2) is 15.4 Å². The second-order valence-electron chi connectivity index (χ2n) is 4.87. The number of aromatic carboxylic acids is 1. The second-order valence-corrected chi connectivity index (χ2v) is 6.55. The summed E-state index contributed by atoms with van der Waals surface area (Å²) >= 11 is 0. The van der Waals surface area contributed by atoms with Gasteiger partial charge >= 0.3 is 5.97 Å². The molecule has 1 saturated heterocycles. The number of ether oxygens (including phenoxy) is 1. The van der Waals surface area contributed by atoms with Crippen molar-refractivity contribution in [2.45, 2.75) is 31.2 Å². The molecule has 1 fully saturated rings. The summed E-state index contributed by atoms with van der Waals surface area (Å²) < 4.78 is 37.2. The number of carbonyl (C=O) groups is 1. The highest BCUT2D eigenvalue weighted by Crippen LogP contribution is 2.22. The van der Waals surface area contributed by atoms with Gasteiger partial charge in [-0.05, 0) is 20.3 Å². The number of carboxylic acids is 1. The molecule has 1 aromatic rings. The lowest BCUT2D eigenvalue weighted by atomic mass is 10.0. The zero-order valence-corrected chi connectivity index (χ0v) is 12.1. The van der Waals surface area contributed by atoms with Crippen LogP contribution in [-0.2, 0) is 14.8 Å². The van der Waals surface area contributed by atoms with Crippen LogP contribution in [-0.4, -0.2) is 38.7 Å². The Morgan fingerprint density at radius 2 is 2.25 bits per heavy atom. The molecule has 2 heterocycles. The highest BCUT2D eigenvalue weighted by Gasteiger charge is 2.29. The molecule has 0 aliphatic carbocycles. The van der Waals surface area contributed by atoms with Crippen molar-refractivity contribution in [1.82, 2.24) is 4.72 Å². The molecule has 2 atom stereocenters. The van der Waals surface area contributed by atoms with E-state index in [0.29, 0.717) is 13.2 Å². The number of nitrogens with one attached hydrogen (secondary N) is 1. The van der Waals surface area contributed by atoms with Gasteiger partial charge in [-0.25, -0.2) is 17.9 Å². The van der Waals surface area contributed by atoms with Gasteiger partial charge in [0.15, 0.2) is 0 Å². The largest absolute Gasteiger partial charge is 0.475 e. The molecular formula is C12H17NO6S. The smallest absolute Gasteiger partial charge is 0.371 e. The van der Waals surface area contributed by atoms with Gasteiger partial charge in [-0.15, -0.1) is 0 Å². The van der Waals surface area contributed by atoms with Gasteiger partial charge in [-0.3, -0.25) is 0 Å². The van der Waals surface area contributed by atoms with Crippen molar-refractivity contribution in [3.8, 4) is 0 Å². The summed E-state index contributed by atoms with van der Waals surface area (Å²) in [5.41, 5.74) is 0. The van der Waals surface area contributed by atoms with E-state index in [0.717, 1.165) is 12.5 Å². The molecule has 0 radical (unpaired) electrons. The molecule has 1 aromatic heterocycles. The molecule has 1 aliphatic heterocycles. The summed E-state index contributed by atoms with van der Waals surface area (Å²) in [6.45, 7) is 4.34. The standard InChI is InChI=1S/C12H17NO6S/c1-7(9-3-4-18-6-9)13-20(16,17)11-5-10(12(14)15)19-8(11)2/h5,7,9,13H,3-4,6H2,1-2H3,(H,14,15). The van der Waals surface area contributed by atoms with Crippen LogP contribution in [0.4, 0.5) is 0 Å². The highest BCUT2D eigenvalue weighted by atomic mass is 32.2. The fraction of sp³-hybridized carbons (Fsp3) is 0.583. The summed E-state index contributed by atoms with van der Waals surface area (Å²) in [4.78, 5) is 10.7. The van der Waals surface area contributed by atoms with Crippen LogP contribution >= 0.6 is 0 Å². The molecule has 20 heavy (non-hydrogen) atoms. The molecule has 2 rings (SSSR count). The predicted octanol–water partition coefficient (Wildman–Crippen LogP) is 0.990. The number of hydrogen-bond donors (Lipinski definition) is 2. The number of furan rings is 1. The zero-order valence-electron chi connectivity index (χ0n) is 11.3. The van der Waals surface area contributed by atoms with E-state index in [1.807, 2.05) is 0 Å². The van der Waals surface area contributed by atoms with Crippen LogP contribution in [0.25, 0.3) is 0 Å². The van der Waals surface area contributed by atoms with E-state index in [9.17, 15) is 13.2 Å². The molecule has 1 aliphatic rings. The molecule has 0 amide bonds. The molecule has 0 bridgehead atoms. The van der Waals surface area contributed by atoms with Gasteiger partial charge in [0.05, 0.1) is 6.61 Å². The van der Waals surface area contributed by atoms with Crippen LogP contribution in [0.5, 0.6) is 0 Å². The number of sulfonamides is 1. The fourth-order valence-electron chi connectivity index (χ4n) is 2.19. The second kappa shape index (κ2) is 5.55. The zero-order chi connectivity index (χ0) is 14.9. The topological polar surface area (TPSA) is 106 Å². The lowest BCUT2D eigenvalue weighted by molar-refractivity contribution is 0.0661. The van der Waals surface area contributed by atoms with Gasteiger partial charge in [-0.2, -0.15) is 0 Å². The van der Waals surface area contributed by atoms with E-state index in [2.05, 4.69) is 4.72 Å². The monoisotopic (exact) mass is 303 g/mol. The molecule has 0 spiro atoms. The third-order valence-electron chi connectivity index (χ3n) is 3.39. The van der Waals surface area contributed by atoms with E-state index in [1.165, 1.54) is 6.92 Å². The van der Waals surface area contributed by atoms with Gasteiger partial charge in [0.2, 0.25) is 15.8 Å². The molecule has 0 aromatic carbocycles. The minimum absolute atomic E-state index is 0.0600. The predicted molar refractivity (Wildman–Crippen MR) is 69.1 cm³/mol. The van der Waals surface area contributed by atoms with Crippen molar-refractivity contribution in [3.05, 3.63) is 17.6 Å². The Morgan fingerprint density at radius 3 is 2.75 bits per heavy atom. The number of carboxylic acid groups (broad SMARTS) is 1. The van der Waals surface area contributed by atoms with E-state index >= 15 is 0 Å². The maximum absolute atomic E-state index is 12.3. The Hall–Kier alpha value is -1.38. The Balaban J connectivity index is 2.19. The van der Waals surface area contributed by atoms with Crippen LogP contribution in [0.1, 0.15) is 29.7 Å². The quantitative estimate of drug-likeness (QED) is 0.840. The van der Waals surface area contributed by atoms with E-state index in [4.69, 9.17) is 14.3 Å². The van der Waals surface area contributed by atoms with E-state index in [-0.39, 0.29) is 28.4 Å². The lowest BCUT2D eigenvalue weighted by Crippen LogP contribution is -2.38. The SMILES string of the molecule is Cc1oc(C(=O)O)cc1S(=O)(=O)NC(C)C1CCOC1. The Labute approximate surface area is 117 Å². The van der Waals surface area contributed by atoms with Crippen LogP contribution in [0, 0.1) is 12.8 Å². The van der Waals surface area contributed by atoms with E-state index in [1.54, 1.807) is 6.92 Å². The first kappa shape index (κ1) is 15.0. The molecule has 2 N–H and O–H groups in total. The lowest BCUT2D eigenvalue weighted by Gasteiger charge is -2.18. The maximum atomic E-state index is 12.3. The van der Waals surface area contributed by atoms with Crippen LogP contribution in [0.2, 0.25) is 0 Å². The van der Waals surface area contributed by atoms with Gasteiger partial charge in [0.25, 0.3) is 0 Å². The first-order valence-electron chi connectivity index (χ1n) is 6.25. The average Bonchev–Trinajstić information content (AvgIpc) is 2.96. The number of rotatable bonds is 5. The van der Waals surface area contributed by atoms with Crippen molar-refractivity contribution in [1.29, 1.82) is 0 Å². The van der Waals surface area contributed by atoms with Gasteiger partial charge in [0, 0.05) is 24.6 Å². The van der Waals surface area contributed by atoms with Crippen molar-refractivity contribution in [2.75, 3.05) is 13.2 Å². The number of aryl methyl sites for hydroxylation is 1. The van der Waals surface area contributed by atoms with Crippen LogP contribution in [0.3, 0.4) is 0 Å². The van der Waals surface area contributed by atoms with Gasteiger partial charge < -0.3 is 14.3 Å². The van der Waals surface area contributed by atoms with Crippen molar-refractivity contribution in [2.24, 2.45) is 5.92 Å². The average molecular weight is 303 g/mol. The van der Waals surface area contributed by atoms with Gasteiger partial charge in [-0.1, -0.05) is 0 Å². The Morgan fingerprint density at radius 1 is 1.55 bits per heavy atom. The summed E-state index contributed by atoms with van der Waals surface area (Å²) in [6, 6.07) is 0.739. The molecule has 0 saturated carbocycles. The van der Waals surface area contributed by atoms with Crippen molar-refractivity contribution < 1.29 is 27.5 Å². The molecule has 2 unspecified atom stereocenters. The minimum atomic E-state index is -3.80. The third kappa shape index (κ3) is 3.02. The first-order valence-corrected chi connectivity index (χ1v) is 7.73. The van der Waals surface area contributed by atoms with Crippen molar-refractivity contribution >= 4 is 16.0 Å². The normalized spacial score (nSPS) is 21.0. The Bertz CT molecular complexity index is 599. The maximum Gasteiger partial charge on any atom is 0.371 e. The summed E-state index contributed by atoms with van der Waals surface area (Å²) in [6.07, 6.45) is 0.800. The fourth-order valence-corrected chi connectivity index (χ4v) is 3.68. The van der Waals surface area contributed by atoms with Crippen LogP contribution < -0.4 is 4.72 Å².